The minimum absolute atomic E-state index is 0.0668. The van der Waals surface area contributed by atoms with E-state index in [0.717, 1.165) is 12.8 Å². The molecule has 1 heteroatoms. The minimum Gasteiger partial charge on any atom is -0.299 e. The molecule has 0 unspecified atom stereocenters. The molecule has 0 bridgehead atoms. The normalized spacial score (nSPS) is 17.4. The summed E-state index contributed by atoms with van der Waals surface area (Å²) in [5, 5.41) is 0. The second-order valence-electron chi connectivity index (χ2n) is 7.35. The number of hydrogen-bond acceptors (Lipinski definition) is 1. The molecule has 0 saturated heterocycles. The summed E-state index contributed by atoms with van der Waals surface area (Å²) in [7, 11) is 0. The third kappa shape index (κ3) is 5.97. The topological polar surface area (TPSA) is 17.1 Å². The molecule has 0 aromatic heterocycles. The van der Waals surface area contributed by atoms with Crippen molar-refractivity contribution in [2.75, 3.05) is 0 Å². The minimum atomic E-state index is -0.0668. The molecule has 0 amide bonds. The van der Waals surface area contributed by atoms with Crippen LogP contribution in [0.4, 0.5) is 0 Å². The van der Waals surface area contributed by atoms with Gasteiger partial charge in [-0.15, -0.1) is 0 Å². The fraction of sp³-hybridized carbons (Fsp3) is 0.947. The van der Waals surface area contributed by atoms with E-state index in [1.54, 1.807) is 0 Å². The lowest BCUT2D eigenvalue weighted by Crippen LogP contribution is -2.34. The van der Waals surface area contributed by atoms with E-state index in [-0.39, 0.29) is 5.41 Å². The summed E-state index contributed by atoms with van der Waals surface area (Å²) < 4.78 is 0. The van der Waals surface area contributed by atoms with Crippen LogP contribution in [0.15, 0.2) is 0 Å². The smallest absolute Gasteiger partial charge is 0.138 e. The zero-order valence-electron chi connectivity index (χ0n) is 14.2. The Labute approximate surface area is 126 Å². The first-order valence-electron chi connectivity index (χ1n) is 9.12. The van der Waals surface area contributed by atoms with Gasteiger partial charge in [-0.3, -0.25) is 4.79 Å². The Morgan fingerprint density at radius 3 is 2.05 bits per heavy atom. The highest BCUT2D eigenvalue weighted by molar-refractivity contribution is 5.84. The molecule has 0 atom stereocenters. The molecule has 0 aromatic rings. The van der Waals surface area contributed by atoms with Crippen LogP contribution in [-0.4, -0.2) is 5.78 Å². The van der Waals surface area contributed by atoms with Crippen molar-refractivity contribution in [3.05, 3.63) is 0 Å². The first-order chi connectivity index (χ1) is 9.59. The molecule has 0 spiro atoms. The van der Waals surface area contributed by atoms with Crippen LogP contribution in [0.1, 0.15) is 104 Å². The van der Waals surface area contributed by atoms with E-state index in [0.29, 0.717) is 11.7 Å². The maximum Gasteiger partial charge on any atom is 0.138 e. The van der Waals surface area contributed by atoms with Gasteiger partial charge in [0, 0.05) is 11.8 Å². The van der Waals surface area contributed by atoms with Crippen molar-refractivity contribution in [1.82, 2.24) is 0 Å². The number of rotatable bonds is 10. The lowest BCUT2D eigenvalue weighted by atomic mass is 9.68. The number of Topliss-reactive ketones (excluding diaryl/α,β-unsaturated/α-hetero) is 1. The van der Waals surface area contributed by atoms with Crippen molar-refractivity contribution in [3.8, 4) is 0 Å². The van der Waals surface area contributed by atoms with Crippen LogP contribution in [-0.2, 0) is 4.79 Å². The van der Waals surface area contributed by atoms with Gasteiger partial charge in [0.2, 0.25) is 0 Å². The summed E-state index contributed by atoms with van der Waals surface area (Å²) in [5.41, 5.74) is -0.0668. The average molecular weight is 280 g/mol. The molecule has 0 N–H and O–H groups in total. The summed E-state index contributed by atoms with van der Waals surface area (Å²) in [4.78, 5) is 12.5. The largest absolute Gasteiger partial charge is 0.299 e. The molecular weight excluding hydrogens is 244 g/mol. The van der Waals surface area contributed by atoms with E-state index in [9.17, 15) is 4.79 Å². The lowest BCUT2D eigenvalue weighted by molar-refractivity contribution is -0.130. The average Bonchev–Trinajstić information content (AvgIpc) is 2.47. The van der Waals surface area contributed by atoms with E-state index in [1.165, 1.54) is 70.6 Å². The van der Waals surface area contributed by atoms with E-state index in [4.69, 9.17) is 0 Å². The van der Waals surface area contributed by atoms with Crippen LogP contribution >= 0.6 is 0 Å². The summed E-state index contributed by atoms with van der Waals surface area (Å²) in [6.45, 7) is 6.66. The van der Waals surface area contributed by atoms with Gasteiger partial charge >= 0.3 is 0 Å². The first kappa shape index (κ1) is 17.7. The van der Waals surface area contributed by atoms with Gasteiger partial charge in [-0.1, -0.05) is 78.6 Å². The highest BCUT2D eigenvalue weighted by Gasteiger charge is 2.36. The Morgan fingerprint density at radius 2 is 1.45 bits per heavy atom. The van der Waals surface area contributed by atoms with Crippen molar-refractivity contribution in [2.45, 2.75) is 104 Å². The second kappa shape index (κ2) is 9.58. The van der Waals surface area contributed by atoms with Gasteiger partial charge in [-0.05, 0) is 25.2 Å². The third-order valence-corrected chi connectivity index (χ3v) is 5.35. The fourth-order valence-corrected chi connectivity index (χ4v) is 3.62. The van der Waals surface area contributed by atoms with Crippen molar-refractivity contribution >= 4 is 5.78 Å². The summed E-state index contributed by atoms with van der Waals surface area (Å²) in [6, 6.07) is 0. The first-order valence-corrected chi connectivity index (χ1v) is 9.12. The Hall–Kier alpha value is -0.330. The van der Waals surface area contributed by atoms with Gasteiger partial charge in [0.1, 0.15) is 5.78 Å². The summed E-state index contributed by atoms with van der Waals surface area (Å²) in [6.07, 6.45) is 16.5. The Kier molecular flexibility index (Phi) is 8.49. The molecule has 0 heterocycles. The van der Waals surface area contributed by atoms with Crippen molar-refractivity contribution < 1.29 is 4.79 Å². The van der Waals surface area contributed by atoms with Crippen molar-refractivity contribution in [3.63, 3.8) is 0 Å². The molecule has 0 radical (unpaired) electrons. The van der Waals surface area contributed by atoms with Gasteiger partial charge in [0.05, 0.1) is 0 Å². The quantitative estimate of drug-likeness (QED) is 0.429. The van der Waals surface area contributed by atoms with Crippen molar-refractivity contribution in [2.24, 2.45) is 11.3 Å². The van der Waals surface area contributed by atoms with E-state index < -0.39 is 0 Å². The number of unbranched alkanes of at least 4 members (excludes halogenated alkanes) is 6. The van der Waals surface area contributed by atoms with Crippen LogP contribution in [0, 0.1) is 11.3 Å². The Morgan fingerprint density at radius 1 is 0.900 bits per heavy atom. The number of carbonyl (C=O) groups excluding carboxylic acids is 1. The molecule has 0 aromatic carbocycles. The zero-order chi connectivity index (χ0) is 14.8. The molecule has 0 aliphatic heterocycles. The molecule has 20 heavy (non-hydrogen) atoms. The molecule has 1 aliphatic rings. The Bertz CT molecular complexity index is 261. The molecule has 118 valence electrons. The van der Waals surface area contributed by atoms with E-state index >= 15 is 0 Å². The van der Waals surface area contributed by atoms with Gasteiger partial charge in [0.25, 0.3) is 0 Å². The van der Waals surface area contributed by atoms with E-state index in [1.807, 2.05) is 0 Å². The SMILES string of the molecule is CCCCCCCCCC(=O)C(C)(C)C1CCCCC1. The van der Waals surface area contributed by atoms with Gasteiger partial charge < -0.3 is 0 Å². The van der Waals surface area contributed by atoms with E-state index in [2.05, 4.69) is 20.8 Å². The number of carbonyl (C=O) groups is 1. The molecule has 1 aliphatic carbocycles. The van der Waals surface area contributed by atoms with Gasteiger partial charge in [-0.2, -0.15) is 0 Å². The Balaban J connectivity index is 2.17. The number of hydrogen-bond donors (Lipinski definition) is 0. The van der Waals surface area contributed by atoms with Gasteiger partial charge in [0.15, 0.2) is 0 Å². The number of ketones is 1. The van der Waals surface area contributed by atoms with Crippen LogP contribution < -0.4 is 0 Å². The fourth-order valence-electron chi connectivity index (χ4n) is 3.62. The van der Waals surface area contributed by atoms with Crippen LogP contribution in [0.3, 0.4) is 0 Å². The highest BCUT2D eigenvalue weighted by atomic mass is 16.1. The van der Waals surface area contributed by atoms with Gasteiger partial charge in [-0.25, -0.2) is 0 Å². The van der Waals surface area contributed by atoms with Crippen molar-refractivity contribution in [1.29, 1.82) is 0 Å². The maximum atomic E-state index is 12.5. The molecule has 1 nitrogen and oxygen atoms in total. The highest BCUT2D eigenvalue weighted by Crippen LogP contribution is 2.39. The molecule has 1 saturated carbocycles. The molecular formula is C19H36O. The molecule has 1 fully saturated rings. The summed E-state index contributed by atoms with van der Waals surface area (Å²) >= 11 is 0. The maximum absolute atomic E-state index is 12.5. The monoisotopic (exact) mass is 280 g/mol. The predicted octanol–water partition coefficient (Wildman–Crippen LogP) is 6.30. The molecule has 1 rings (SSSR count). The summed E-state index contributed by atoms with van der Waals surface area (Å²) in [5.74, 6) is 1.17. The zero-order valence-corrected chi connectivity index (χ0v) is 14.2. The lowest BCUT2D eigenvalue weighted by Gasteiger charge is -2.35. The standard InChI is InChI=1S/C19H36O/c1-4-5-6-7-8-9-13-16-18(20)19(2,3)17-14-11-10-12-15-17/h17H,4-16H2,1-3H3. The predicted molar refractivity (Wildman–Crippen MR) is 88.0 cm³/mol. The van der Waals surface area contributed by atoms with Crippen LogP contribution in [0.5, 0.6) is 0 Å². The van der Waals surface area contributed by atoms with Crippen LogP contribution in [0.2, 0.25) is 0 Å². The third-order valence-electron chi connectivity index (χ3n) is 5.35. The van der Waals surface area contributed by atoms with Crippen LogP contribution in [0.25, 0.3) is 0 Å². The second-order valence-corrected chi connectivity index (χ2v) is 7.35.